The van der Waals surface area contributed by atoms with Gasteiger partial charge in [-0.2, -0.15) is 0 Å². The first-order valence-electron chi connectivity index (χ1n) is 5.46. The van der Waals surface area contributed by atoms with Crippen LogP contribution in [0.5, 0.6) is 5.75 Å². The van der Waals surface area contributed by atoms with E-state index < -0.39 is 12.0 Å². The van der Waals surface area contributed by atoms with E-state index in [0.717, 1.165) is 11.3 Å². The van der Waals surface area contributed by atoms with E-state index in [2.05, 4.69) is 0 Å². The Kier molecular flexibility index (Phi) is 3.54. The lowest BCUT2D eigenvalue weighted by molar-refractivity contribution is -0.142. The van der Waals surface area contributed by atoms with Crippen molar-refractivity contribution < 1.29 is 14.6 Å². The molecule has 1 aromatic carbocycles. The van der Waals surface area contributed by atoms with Crippen LogP contribution in [-0.2, 0) is 11.3 Å². The van der Waals surface area contributed by atoms with Gasteiger partial charge in [0.25, 0.3) is 0 Å². The van der Waals surface area contributed by atoms with E-state index >= 15 is 0 Å². The minimum absolute atomic E-state index is 0.492. The maximum absolute atomic E-state index is 11.0. The predicted molar refractivity (Wildman–Crippen MR) is 64.5 cm³/mol. The SMILES string of the molecule is C[C@@H](C(=O)O)N1CCOc2ccc(Cl)cc2C1. The molecular formula is C12H14ClNO3. The molecule has 1 atom stereocenters. The van der Waals surface area contributed by atoms with Gasteiger partial charge < -0.3 is 9.84 Å². The van der Waals surface area contributed by atoms with Crippen LogP contribution < -0.4 is 4.74 Å². The third kappa shape index (κ3) is 2.70. The van der Waals surface area contributed by atoms with Crippen molar-refractivity contribution in [1.82, 2.24) is 4.90 Å². The maximum atomic E-state index is 11.0. The number of carboxylic acid groups (broad SMARTS) is 1. The van der Waals surface area contributed by atoms with Crippen LogP contribution in [0.15, 0.2) is 18.2 Å². The van der Waals surface area contributed by atoms with Crippen LogP contribution in [0.25, 0.3) is 0 Å². The molecule has 0 aromatic heterocycles. The average molecular weight is 256 g/mol. The Hall–Kier alpha value is -1.26. The average Bonchev–Trinajstić information content (AvgIpc) is 2.49. The summed E-state index contributed by atoms with van der Waals surface area (Å²) in [5.41, 5.74) is 0.933. The monoisotopic (exact) mass is 255 g/mol. The molecule has 92 valence electrons. The summed E-state index contributed by atoms with van der Waals surface area (Å²) in [7, 11) is 0. The van der Waals surface area contributed by atoms with Crippen molar-refractivity contribution in [2.45, 2.75) is 19.5 Å². The molecular weight excluding hydrogens is 242 g/mol. The van der Waals surface area contributed by atoms with Crippen molar-refractivity contribution in [3.8, 4) is 5.75 Å². The highest BCUT2D eigenvalue weighted by Crippen LogP contribution is 2.26. The summed E-state index contributed by atoms with van der Waals surface area (Å²) in [6, 6.07) is 4.90. The van der Waals surface area contributed by atoms with Gasteiger partial charge in [-0.25, -0.2) is 0 Å². The number of hydrogen-bond donors (Lipinski definition) is 1. The first-order chi connectivity index (χ1) is 8.08. The number of hydrogen-bond acceptors (Lipinski definition) is 3. The number of benzene rings is 1. The summed E-state index contributed by atoms with van der Waals surface area (Å²) in [6.45, 7) is 3.31. The Bertz CT molecular complexity index is 436. The van der Waals surface area contributed by atoms with E-state index in [4.69, 9.17) is 21.4 Å². The summed E-state index contributed by atoms with van der Waals surface area (Å²) >= 11 is 5.93. The molecule has 1 N–H and O–H groups in total. The van der Waals surface area contributed by atoms with E-state index in [1.54, 1.807) is 13.0 Å². The second-order valence-electron chi connectivity index (χ2n) is 4.09. The lowest BCUT2D eigenvalue weighted by Gasteiger charge is -2.23. The van der Waals surface area contributed by atoms with Crippen LogP contribution in [0.3, 0.4) is 0 Å². The molecule has 0 amide bonds. The van der Waals surface area contributed by atoms with E-state index in [1.807, 2.05) is 17.0 Å². The molecule has 5 heteroatoms. The number of rotatable bonds is 2. The molecule has 17 heavy (non-hydrogen) atoms. The zero-order valence-corrected chi connectivity index (χ0v) is 10.3. The van der Waals surface area contributed by atoms with Crippen LogP contribution in [0.4, 0.5) is 0 Å². The van der Waals surface area contributed by atoms with E-state index in [-0.39, 0.29) is 0 Å². The first kappa shape index (κ1) is 12.2. The van der Waals surface area contributed by atoms with Crippen molar-refractivity contribution >= 4 is 17.6 Å². The Balaban J connectivity index is 2.24. The third-order valence-corrected chi connectivity index (χ3v) is 3.17. The molecule has 0 unspecified atom stereocenters. The molecule has 0 aliphatic carbocycles. The summed E-state index contributed by atoms with van der Waals surface area (Å²) in [6.07, 6.45) is 0. The minimum atomic E-state index is -0.824. The number of carboxylic acids is 1. The molecule has 1 heterocycles. The highest BCUT2D eigenvalue weighted by molar-refractivity contribution is 6.30. The number of carbonyl (C=O) groups is 1. The zero-order valence-electron chi connectivity index (χ0n) is 9.52. The van der Waals surface area contributed by atoms with Crippen molar-refractivity contribution in [2.75, 3.05) is 13.2 Å². The maximum Gasteiger partial charge on any atom is 0.320 e. The Morgan fingerprint density at radius 1 is 1.59 bits per heavy atom. The van der Waals surface area contributed by atoms with Gasteiger partial charge in [0.2, 0.25) is 0 Å². The molecule has 4 nitrogen and oxygen atoms in total. The molecule has 1 aliphatic rings. The Labute approximate surface area is 105 Å². The van der Waals surface area contributed by atoms with Crippen molar-refractivity contribution in [2.24, 2.45) is 0 Å². The normalized spacial score (nSPS) is 17.8. The smallest absolute Gasteiger partial charge is 0.320 e. The molecule has 1 aromatic rings. The van der Waals surface area contributed by atoms with Gasteiger partial charge in [-0.3, -0.25) is 9.69 Å². The summed E-state index contributed by atoms with van der Waals surface area (Å²) < 4.78 is 5.57. The predicted octanol–water partition coefficient (Wildman–Crippen LogP) is 2.01. The molecule has 0 bridgehead atoms. The van der Waals surface area contributed by atoms with Gasteiger partial charge in [0, 0.05) is 23.7 Å². The number of nitrogens with zero attached hydrogens (tertiary/aromatic N) is 1. The van der Waals surface area contributed by atoms with Gasteiger partial charge in [-0.15, -0.1) is 0 Å². The lowest BCUT2D eigenvalue weighted by atomic mass is 10.1. The second-order valence-corrected chi connectivity index (χ2v) is 4.52. The van der Waals surface area contributed by atoms with Gasteiger partial charge in [0.05, 0.1) is 0 Å². The number of halogens is 1. The van der Waals surface area contributed by atoms with Crippen LogP contribution in [0.1, 0.15) is 12.5 Å². The van der Waals surface area contributed by atoms with Crippen molar-refractivity contribution in [3.63, 3.8) is 0 Å². The molecule has 0 saturated heterocycles. The van der Waals surface area contributed by atoms with Crippen molar-refractivity contribution in [3.05, 3.63) is 28.8 Å². The standard InChI is InChI=1S/C12H14ClNO3/c1-8(12(15)16)14-4-5-17-11-3-2-10(13)6-9(11)7-14/h2-3,6,8H,4-5,7H2,1H3,(H,15,16)/t8-/m0/s1. The Morgan fingerprint density at radius 2 is 2.35 bits per heavy atom. The van der Waals surface area contributed by atoms with Gasteiger partial charge >= 0.3 is 5.97 Å². The van der Waals surface area contributed by atoms with Crippen LogP contribution in [-0.4, -0.2) is 35.2 Å². The Morgan fingerprint density at radius 3 is 3.06 bits per heavy atom. The fourth-order valence-electron chi connectivity index (χ4n) is 1.87. The molecule has 1 aliphatic heterocycles. The van der Waals surface area contributed by atoms with E-state index in [0.29, 0.717) is 24.7 Å². The van der Waals surface area contributed by atoms with Crippen LogP contribution in [0.2, 0.25) is 5.02 Å². The lowest BCUT2D eigenvalue weighted by Crippen LogP contribution is -2.39. The van der Waals surface area contributed by atoms with Gasteiger partial charge in [-0.05, 0) is 25.1 Å². The van der Waals surface area contributed by atoms with E-state index in [9.17, 15) is 4.79 Å². The largest absolute Gasteiger partial charge is 0.492 e. The third-order valence-electron chi connectivity index (χ3n) is 2.94. The van der Waals surface area contributed by atoms with Crippen LogP contribution in [0, 0.1) is 0 Å². The highest BCUT2D eigenvalue weighted by Gasteiger charge is 2.24. The first-order valence-corrected chi connectivity index (χ1v) is 5.84. The molecule has 0 fully saturated rings. The summed E-state index contributed by atoms with van der Waals surface area (Å²) in [5.74, 6) is -0.0371. The van der Waals surface area contributed by atoms with Gasteiger partial charge in [-0.1, -0.05) is 11.6 Å². The minimum Gasteiger partial charge on any atom is -0.492 e. The topological polar surface area (TPSA) is 49.8 Å². The van der Waals surface area contributed by atoms with Crippen molar-refractivity contribution in [1.29, 1.82) is 0 Å². The van der Waals surface area contributed by atoms with E-state index in [1.165, 1.54) is 0 Å². The quantitative estimate of drug-likeness (QED) is 0.878. The molecule has 0 radical (unpaired) electrons. The second kappa shape index (κ2) is 4.94. The summed E-state index contributed by atoms with van der Waals surface area (Å²) in [4.78, 5) is 12.8. The molecule has 0 saturated carbocycles. The number of aliphatic carboxylic acids is 1. The number of fused-ring (bicyclic) bond motifs is 1. The number of ether oxygens (including phenoxy) is 1. The highest BCUT2D eigenvalue weighted by atomic mass is 35.5. The fraction of sp³-hybridized carbons (Fsp3) is 0.417. The summed E-state index contributed by atoms with van der Waals surface area (Å²) in [5, 5.41) is 9.66. The molecule has 0 spiro atoms. The fourth-order valence-corrected chi connectivity index (χ4v) is 2.06. The van der Waals surface area contributed by atoms with Crippen LogP contribution >= 0.6 is 11.6 Å². The zero-order chi connectivity index (χ0) is 12.4. The molecule has 2 rings (SSSR count). The van der Waals surface area contributed by atoms with Gasteiger partial charge in [0.15, 0.2) is 0 Å². The van der Waals surface area contributed by atoms with Gasteiger partial charge in [0.1, 0.15) is 18.4 Å².